The molecule has 3 nitrogen and oxygen atoms in total. The number of benzene rings is 1. The highest BCUT2D eigenvalue weighted by atomic mass is 16.3. The Bertz CT molecular complexity index is 416. The van der Waals surface area contributed by atoms with Crippen molar-refractivity contribution >= 4 is 12.0 Å². The molecule has 0 heterocycles. The van der Waals surface area contributed by atoms with Gasteiger partial charge in [-0.05, 0) is 39.3 Å². The summed E-state index contributed by atoms with van der Waals surface area (Å²) in [7, 11) is 0. The van der Waals surface area contributed by atoms with Gasteiger partial charge in [0.1, 0.15) is 0 Å². The normalized spacial score (nSPS) is 13.2. The molecule has 0 saturated heterocycles. The number of hydrogen-bond acceptors (Lipinski definition) is 2. The zero-order chi connectivity index (χ0) is 14.4. The molecule has 0 aliphatic carbocycles. The monoisotopic (exact) mass is 261 g/mol. The maximum Gasteiger partial charge on any atom is 0.255 e. The Labute approximate surface area is 115 Å². The first-order valence-electron chi connectivity index (χ1n) is 6.67. The molecule has 0 bridgehead atoms. The molecule has 0 aliphatic rings. The van der Waals surface area contributed by atoms with Crippen LogP contribution in [0.4, 0.5) is 0 Å². The molecular formula is C16H23NO2. The lowest BCUT2D eigenvalue weighted by molar-refractivity contribution is -0.141. The van der Waals surface area contributed by atoms with E-state index in [4.69, 9.17) is 0 Å². The van der Waals surface area contributed by atoms with E-state index in [0.717, 1.165) is 5.56 Å². The van der Waals surface area contributed by atoms with Crippen LogP contribution in [0.1, 0.15) is 33.3 Å². The predicted molar refractivity (Wildman–Crippen MR) is 78.6 cm³/mol. The molecule has 1 amide bonds. The molecule has 19 heavy (non-hydrogen) atoms. The van der Waals surface area contributed by atoms with E-state index < -0.39 is 6.10 Å². The lowest BCUT2D eigenvalue weighted by Gasteiger charge is -2.31. The predicted octanol–water partition coefficient (Wildman–Crippen LogP) is 2.71. The van der Waals surface area contributed by atoms with Gasteiger partial charge in [-0.15, -0.1) is 0 Å². The zero-order valence-corrected chi connectivity index (χ0v) is 12.1. The second-order valence-electron chi connectivity index (χ2n) is 5.15. The minimum atomic E-state index is -1.09. The Hall–Kier alpha value is -1.61. The summed E-state index contributed by atoms with van der Waals surface area (Å²) >= 11 is 0. The van der Waals surface area contributed by atoms with E-state index in [1.807, 2.05) is 58.0 Å². The largest absolute Gasteiger partial charge is 0.379 e. The first-order chi connectivity index (χ1) is 8.93. The molecule has 0 saturated carbocycles. The van der Waals surface area contributed by atoms with E-state index in [0.29, 0.717) is 0 Å². The molecule has 104 valence electrons. The van der Waals surface area contributed by atoms with Gasteiger partial charge in [0.15, 0.2) is 6.10 Å². The standard InChI is InChI=1S/C16H23NO2/c1-12(2)17(13(3)4)16(19)15(18)11-10-14-8-6-5-7-9-14/h5-13,15,18H,1-4H3/b11-10+/t15-/m1/s1. The van der Waals surface area contributed by atoms with Crippen LogP contribution in [0.25, 0.3) is 6.08 Å². The molecule has 0 unspecified atom stereocenters. The Morgan fingerprint density at radius 2 is 1.63 bits per heavy atom. The molecule has 1 rings (SSSR count). The Kier molecular flexibility index (Phi) is 5.77. The van der Waals surface area contributed by atoms with Gasteiger partial charge >= 0.3 is 0 Å². The first-order valence-corrected chi connectivity index (χ1v) is 6.67. The van der Waals surface area contributed by atoms with E-state index in [1.165, 1.54) is 6.08 Å². The van der Waals surface area contributed by atoms with E-state index in [2.05, 4.69) is 0 Å². The van der Waals surface area contributed by atoms with E-state index in [-0.39, 0.29) is 18.0 Å². The van der Waals surface area contributed by atoms with E-state index in [1.54, 1.807) is 11.0 Å². The molecule has 0 aromatic heterocycles. The minimum Gasteiger partial charge on any atom is -0.379 e. The number of aliphatic hydroxyl groups is 1. The summed E-state index contributed by atoms with van der Waals surface area (Å²) in [4.78, 5) is 13.9. The van der Waals surface area contributed by atoms with Gasteiger partial charge in [0.25, 0.3) is 5.91 Å². The second-order valence-corrected chi connectivity index (χ2v) is 5.15. The third-order valence-corrected chi connectivity index (χ3v) is 2.89. The maximum atomic E-state index is 12.2. The molecule has 1 aromatic rings. The summed E-state index contributed by atoms with van der Waals surface area (Å²) in [5.74, 6) is -0.253. The van der Waals surface area contributed by atoms with Crippen molar-refractivity contribution in [1.82, 2.24) is 4.90 Å². The summed E-state index contributed by atoms with van der Waals surface area (Å²) in [6, 6.07) is 9.77. The molecule has 0 aliphatic heterocycles. The Balaban J connectivity index is 2.74. The van der Waals surface area contributed by atoms with Gasteiger partial charge in [0, 0.05) is 12.1 Å². The number of aliphatic hydroxyl groups excluding tert-OH is 1. The highest BCUT2D eigenvalue weighted by Crippen LogP contribution is 2.10. The average molecular weight is 261 g/mol. The van der Waals surface area contributed by atoms with Crippen LogP contribution in [0.15, 0.2) is 36.4 Å². The van der Waals surface area contributed by atoms with Crippen molar-refractivity contribution in [3.05, 3.63) is 42.0 Å². The number of amides is 1. The minimum absolute atomic E-state index is 0.0762. The Morgan fingerprint density at radius 3 is 2.11 bits per heavy atom. The van der Waals surface area contributed by atoms with Crippen LogP contribution in [-0.2, 0) is 4.79 Å². The lowest BCUT2D eigenvalue weighted by atomic mass is 10.1. The van der Waals surface area contributed by atoms with E-state index >= 15 is 0 Å². The van der Waals surface area contributed by atoms with Gasteiger partial charge in [0.2, 0.25) is 0 Å². The number of carbonyl (C=O) groups excluding carboxylic acids is 1. The Morgan fingerprint density at radius 1 is 1.11 bits per heavy atom. The van der Waals surface area contributed by atoms with Crippen molar-refractivity contribution < 1.29 is 9.90 Å². The van der Waals surface area contributed by atoms with Crippen LogP contribution in [0, 0.1) is 0 Å². The summed E-state index contributed by atoms with van der Waals surface area (Å²) in [5, 5.41) is 9.97. The smallest absolute Gasteiger partial charge is 0.255 e. The molecule has 1 aromatic carbocycles. The van der Waals surface area contributed by atoms with Gasteiger partial charge < -0.3 is 10.0 Å². The highest BCUT2D eigenvalue weighted by molar-refractivity contribution is 5.84. The van der Waals surface area contributed by atoms with Crippen LogP contribution in [-0.4, -0.2) is 34.1 Å². The van der Waals surface area contributed by atoms with Crippen LogP contribution < -0.4 is 0 Å². The van der Waals surface area contributed by atoms with Gasteiger partial charge in [-0.1, -0.05) is 36.4 Å². The van der Waals surface area contributed by atoms with Crippen molar-refractivity contribution in [3.63, 3.8) is 0 Å². The average Bonchev–Trinajstić information content (AvgIpc) is 2.36. The second kappa shape index (κ2) is 7.10. The summed E-state index contributed by atoms with van der Waals surface area (Å²) in [5.41, 5.74) is 0.968. The molecule has 0 spiro atoms. The van der Waals surface area contributed by atoms with Crippen LogP contribution in [0.5, 0.6) is 0 Å². The van der Waals surface area contributed by atoms with Crippen LogP contribution in [0.3, 0.4) is 0 Å². The van der Waals surface area contributed by atoms with Gasteiger partial charge in [-0.2, -0.15) is 0 Å². The topological polar surface area (TPSA) is 40.5 Å². The van der Waals surface area contributed by atoms with Gasteiger partial charge in [-0.3, -0.25) is 4.79 Å². The maximum absolute atomic E-state index is 12.2. The third kappa shape index (κ3) is 4.52. The zero-order valence-electron chi connectivity index (χ0n) is 12.1. The summed E-state index contributed by atoms with van der Waals surface area (Å²) in [6.45, 7) is 7.80. The van der Waals surface area contributed by atoms with Crippen LogP contribution >= 0.6 is 0 Å². The van der Waals surface area contributed by atoms with Crippen molar-refractivity contribution in [2.75, 3.05) is 0 Å². The number of nitrogens with zero attached hydrogens (tertiary/aromatic N) is 1. The summed E-state index contributed by atoms with van der Waals surface area (Å²) in [6.07, 6.45) is 2.21. The van der Waals surface area contributed by atoms with Crippen molar-refractivity contribution in [3.8, 4) is 0 Å². The molecule has 1 N–H and O–H groups in total. The number of hydrogen-bond donors (Lipinski definition) is 1. The fraction of sp³-hybridized carbons (Fsp3) is 0.438. The van der Waals surface area contributed by atoms with Crippen LogP contribution in [0.2, 0.25) is 0 Å². The molecule has 0 radical (unpaired) electrons. The fourth-order valence-electron chi connectivity index (χ4n) is 2.11. The lowest BCUT2D eigenvalue weighted by Crippen LogP contribution is -2.46. The molecule has 1 atom stereocenters. The number of carbonyl (C=O) groups is 1. The van der Waals surface area contributed by atoms with E-state index in [9.17, 15) is 9.90 Å². The van der Waals surface area contributed by atoms with Crippen molar-refractivity contribution in [2.24, 2.45) is 0 Å². The van der Waals surface area contributed by atoms with Crippen molar-refractivity contribution in [1.29, 1.82) is 0 Å². The fourth-order valence-corrected chi connectivity index (χ4v) is 2.11. The highest BCUT2D eigenvalue weighted by Gasteiger charge is 2.24. The summed E-state index contributed by atoms with van der Waals surface area (Å²) < 4.78 is 0. The van der Waals surface area contributed by atoms with Crippen molar-refractivity contribution in [2.45, 2.75) is 45.9 Å². The van der Waals surface area contributed by atoms with Gasteiger partial charge in [0.05, 0.1) is 0 Å². The first kappa shape index (κ1) is 15.4. The molecule has 0 fully saturated rings. The SMILES string of the molecule is CC(C)N(C(=O)[C@H](O)/C=C/c1ccccc1)C(C)C. The quantitative estimate of drug-likeness (QED) is 0.885. The number of rotatable bonds is 5. The van der Waals surface area contributed by atoms with Gasteiger partial charge in [-0.25, -0.2) is 0 Å². The third-order valence-electron chi connectivity index (χ3n) is 2.89. The molecule has 3 heteroatoms. The molecular weight excluding hydrogens is 238 g/mol.